The molecule has 22 heavy (non-hydrogen) atoms. The van der Waals surface area contributed by atoms with Gasteiger partial charge >= 0.3 is 158 Å². The molecule has 0 aromatic carbocycles. The molecule has 0 atom stereocenters. The van der Waals surface area contributed by atoms with Crippen molar-refractivity contribution < 1.29 is 0 Å². The van der Waals surface area contributed by atoms with E-state index in [0.29, 0.717) is 0 Å². The first-order chi connectivity index (χ1) is 9.79. The van der Waals surface area contributed by atoms with E-state index < -0.39 is 55.1 Å². The van der Waals surface area contributed by atoms with Crippen molar-refractivity contribution in [3.05, 3.63) is 0 Å². The van der Waals surface area contributed by atoms with Gasteiger partial charge in [0.1, 0.15) is 0 Å². The van der Waals surface area contributed by atoms with Crippen LogP contribution < -0.4 is 0 Å². The standard InChI is InChI=1S/C9H18B.9CH3.3Sn/c1-4-7-10(8-5-2)9-6-3;;;;;;;;;;;;/h1-9H2;9*1H3;;;. The van der Waals surface area contributed by atoms with E-state index >= 15 is 0 Å². The van der Waals surface area contributed by atoms with E-state index in [0.717, 1.165) is 6.71 Å². The molecule has 0 aliphatic rings. The van der Waals surface area contributed by atoms with Gasteiger partial charge in [-0.2, -0.15) is 0 Å². The van der Waals surface area contributed by atoms with Gasteiger partial charge in [-0.15, -0.1) is 0 Å². The minimum absolute atomic E-state index is 1.07. The van der Waals surface area contributed by atoms with Crippen LogP contribution >= 0.6 is 0 Å². The first-order valence-corrected chi connectivity index (χ1v) is 41.5. The van der Waals surface area contributed by atoms with Crippen LogP contribution in [0.2, 0.25) is 76.7 Å². The average Bonchev–Trinajstić information content (AvgIpc) is 2.23. The van der Waals surface area contributed by atoms with Crippen LogP contribution in [0.15, 0.2) is 0 Å². The predicted molar refractivity (Wildman–Crippen MR) is 118 cm³/mol. The second-order valence-corrected chi connectivity index (χ2v) is 59.4. The van der Waals surface area contributed by atoms with Crippen LogP contribution in [0.5, 0.6) is 0 Å². The molecule has 132 valence electrons. The fourth-order valence-corrected chi connectivity index (χ4v) is 14.0. The fraction of sp³-hybridized carbons (Fsp3) is 1.00. The van der Waals surface area contributed by atoms with E-state index in [1.807, 2.05) is 0 Å². The van der Waals surface area contributed by atoms with Crippen molar-refractivity contribution >= 4 is 61.8 Å². The minimum atomic E-state index is -1.52. The molecule has 0 N–H and O–H groups in total. The molecule has 0 fully saturated rings. The fourth-order valence-electron chi connectivity index (χ4n) is 3.20. The predicted octanol–water partition coefficient (Wildman–Crippen LogP) is 7.67. The molecule has 0 saturated heterocycles. The van der Waals surface area contributed by atoms with E-state index in [2.05, 4.69) is 44.5 Å². The summed E-state index contributed by atoms with van der Waals surface area (Å²) in [6.07, 6.45) is 9.28. The van der Waals surface area contributed by atoms with Gasteiger partial charge in [0.25, 0.3) is 0 Å². The summed E-state index contributed by atoms with van der Waals surface area (Å²) >= 11 is -4.55. The summed E-state index contributed by atoms with van der Waals surface area (Å²) in [5, 5.41) is 0. The van der Waals surface area contributed by atoms with Crippen molar-refractivity contribution in [2.45, 2.75) is 96.0 Å². The van der Waals surface area contributed by atoms with Crippen LogP contribution in [-0.4, -0.2) is 61.8 Å². The zero-order chi connectivity index (χ0) is 17.4. The van der Waals surface area contributed by atoms with E-state index in [9.17, 15) is 0 Å². The van der Waals surface area contributed by atoms with Gasteiger partial charge in [0.2, 0.25) is 0 Å². The molecule has 0 nitrogen and oxygen atoms in total. The Labute approximate surface area is 156 Å². The zero-order valence-corrected chi connectivity index (χ0v) is 26.0. The molecule has 0 saturated carbocycles. The van der Waals surface area contributed by atoms with E-state index in [1.165, 1.54) is 0 Å². The normalized spacial score (nSPS) is 13.5. The Morgan fingerprint density at radius 2 is 0.682 bits per heavy atom. The Hall–Kier alpha value is 2.46. The van der Waals surface area contributed by atoms with E-state index in [-0.39, 0.29) is 0 Å². The van der Waals surface area contributed by atoms with Crippen molar-refractivity contribution in [3.63, 3.8) is 0 Å². The summed E-state index contributed by atoms with van der Waals surface area (Å²) in [6.45, 7) is 1.07. The van der Waals surface area contributed by atoms with Gasteiger partial charge in [-0.3, -0.25) is 0 Å². The number of hydrogen-bond donors (Lipinski definition) is 0. The number of hydrogen-bond acceptors (Lipinski definition) is 0. The third-order valence-corrected chi connectivity index (χ3v) is 20.5. The molecule has 0 unspecified atom stereocenters. The first kappa shape index (κ1) is 24.5. The Kier molecular flexibility index (Phi) is 12.5. The van der Waals surface area contributed by atoms with Crippen LogP contribution in [0, 0.1) is 0 Å². The van der Waals surface area contributed by atoms with Crippen LogP contribution in [0.4, 0.5) is 0 Å². The van der Waals surface area contributed by atoms with E-state index in [4.69, 9.17) is 0 Å². The summed E-state index contributed by atoms with van der Waals surface area (Å²) in [5.41, 5.74) is 0. The van der Waals surface area contributed by atoms with Crippen molar-refractivity contribution in [2.75, 3.05) is 0 Å². The van der Waals surface area contributed by atoms with Crippen molar-refractivity contribution in [1.82, 2.24) is 0 Å². The van der Waals surface area contributed by atoms with Crippen molar-refractivity contribution in [3.8, 4) is 0 Å². The number of rotatable bonds is 12. The Bertz CT molecular complexity index is 237. The summed E-state index contributed by atoms with van der Waals surface area (Å²) in [5.74, 6) is 0. The van der Waals surface area contributed by atoms with Gasteiger partial charge in [0.15, 0.2) is 0 Å². The van der Waals surface area contributed by atoms with Crippen molar-refractivity contribution in [1.29, 1.82) is 0 Å². The monoisotopic (exact) mass is 632 g/mol. The van der Waals surface area contributed by atoms with Crippen LogP contribution in [-0.2, 0) is 0 Å². The SMILES string of the molecule is [CH3][Sn]([CH3])([CH3])[CH2]CCB(CC[CH2][Sn]([CH3])([CH3])[CH3])CC[CH2][Sn]([CH3])([CH3])[CH3]. The van der Waals surface area contributed by atoms with E-state index in [1.54, 1.807) is 51.5 Å². The summed E-state index contributed by atoms with van der Waals surface area (Å²) < 4.78 is 4.84. The molecule has 0 aliphatic heterocycles. The molecule has 0 aliphatic carbocycles. The quantitative estimate of drug-likeness (QED) is 0.195. The third kappa shape index (κ3) is 18.8. The van der Waals surface area contributed by atoms with Crippen LogP contribution in [0.3, 0.4) is 0 Å². The maximum atomic E-state index is 2.60. The Balaban J connectivity index is 4.19. The molecule has 0 radical (unpaired) electrons. The third-order valence-electron chi connectivity index (χ3n) is 4.62. The molecule has 0 bridgehead atoms. The average molecular weight is 629 g/mol. The van der Waals surface area contributed by atoms with Crippen LogP contribution in [0.25, 0.3) is 0 Å². The van der Waals surface area contributed by atoms with Gasteiger partial charge in [-0.25, -0.2) is 0 Å². The van der Waals surface area contributed by atoms with Gasteiger partial charge in [-0.1, -0.05) is 0 Å². The molecule has 0 aromatic rings. The van der Waals surface area contributed by atoms with Gasteiger partial charge < -0.3 is 0 Å². The molecule has 0 rings (SSSR count). The first-order valence-electron chi connectivity index (χ1n) is 9.79. The maximum absolute atomic E-state index is 2.60. The molecule has 0 amide bonds. The second kappa shape index (κ2) is 11.2. The Morgan fingerprint density at radius 1 is 0.455 bits per heavy atom. The van der Waals surface area contributed by atoms with Gasteiger partial charge in [-0.05, 0) is 0 Å². The molecular weight excluding hydrogens is 583 g/mol. The summed E-state index contributed by atoms with van der Waals surface area (Å²) in [7, 11) is 0. The molecule has 0 spiro atoms. The summed E-state index contributed by atoms with van der Waals surface area (Å²) in [6, 6.07) is 0. The van der Waals surface area contributed by atoms with Crippen molar-refractivity contribution in [2.24, 2.45) is 0 Å². The Morgan fingerprint density at radius 3 is 0.864 bits per heavy atom. The molecular formula is C18H45BSn3. The van der Waals surface area contributed by atoms with Crippen LogP contribution in [0.1, 0.15) is 19.3 Å². The van der Waals surface area contributed by atoms with Gasteiger partial charge in [0.05, 0.1) is 0 Å². The molecule has 4 heteroatoms. The second-order valence-electron chi connectivity index (χ2n) is 11.2. The molecule has 0 heterocycles. The molecule has 0 aromatic heterocycles. The summed E-state index contributed by atoms with van der Waals surface area (Å²) in [4.78, 5) is 23.4. The van der Waals surface area contributed by atoms with Gasteiger partial charge in [0, 0.05) is 0 Å². The zero-order valence-electron chi connectivity index (χ0n) is 17.4. The topological polar surface area (TPSA) is 0 Å².